The molecule has 0 saturated heterocycles. The number of carbonyl (C=O) groups is 1. The number of alkyl halides is 1. The van der Waals surface area contributed by atoms with Crippen LogP contribution in [0.1, 0.15) is 13.3 Å². The Hall–Kier alpha value is -1.46. The standard InChI is InChI=1S/C11H15ClN2O3/c1-3-10(12)11(15)17-14-13-8-4-6-9(16-2)7-5-8/h4-7,10,13-14H,3H2,1-2H3. The van der Waals surface area contributed by atoms with Gasteiger partial charge in [0.1, 0.15) is 11.1 Å². The lowest BCUT2D eigenvalue weighted by Crippen LogP contribution is -2.29. The van der Waals surface area contributed by atoms with E-state index in [-0.39, 0.29) is 0 Å². The fourth-order valence-electron chi connectivity index (χ4n) is 1.04. The van der Waals surface area contributed by atoms with Crippen molar-refractivity contribution in [3.63, 3.8) is 0 Å². The summed E-state index contributed by atoms with van der Waals surface area (Å²) in [6.45, 7) is 1.80. The summed E-state index contributed by atoms with van der Waals surface area (Å²) in [4.78, 5) is 15.9. The Morgan fingerprint density at radius 1 is 1.41 bits per heavy atom. The molecule has 0 aliphatic rings. The largest absolute Gasteiger partial charge is 0.497 e. The molecule has 6 heteroatoms. The summed E-state index contributed by atoms with van der Waals surface area (Å²) in [5.74, 6) is 0.231. The van der Waals surface area contributed by atoms with Crippen molar-refractivity contribution in [1.82, 2.24) is 5.59 Å². The van der Waals surface area contributed by atoms with E-state index in [0.29, 0.717) is 6.42 Å². The molecular weight excluding hydrogens is 244 g/mol. The minimum absolute atomic E-state index is 0.518. The van der Waals surface area contributed by atoms with Gasteiger partial charge in [0.05, 0.1) is 12.8 Å². The summed E-state index contributed by atoms with van der Waals surface area (Å²) in [6, 6.07) is 7.11. The highest BCUT2D eigenvalue weighted by atomic mass is 35.5. The SMILES string of the molecule is CCC(Cl)C(=O)ONNc1ccc(OC)cc1. The molecule has 0 spiro atoms. The molecule has 0 heterocycles. The first-order chi connectivity index (χ1) is 8.17. The van der Waals surface area contributed by atoms with Crippen LogP contribution in [0.5, 0.6) is 5.75 Å². The molecule has 1 aromatic carbocycles. The molecule has 0 bridgehead atoms. The van der Waals surface area contributed by atoms with E-state index in [1.165, 1.54) is 0 Å². The monoisotopic (exact) mass is 258 g/mol. The van der Waals surface area contributed by atoms with E-state index in [2.05, 4.69) is 11.0 Å². The number of nitrogens with one attached hydrogen (secondary N) is 2. The van der Waals surface area contributed by atoms with Crippen molar-refractivity contribution in [2.75, 3.05) is 12.5 Å². The Morgan fingerprint density at radius 3 is 2.59 bits per heavy atom. The molecule has 0 saturated carbocycles. The molecule has 1 atom stereocenters. The molecule has 0 aromatic heterocycles. The van der Waals surface area contributed by atoms with Gasteiger partial charge in [-0.3, -0.25) is 5.43 Å². The van der Waals surface area contributed by atoms with Gasteiger partial charge < -0.3 is 9.57 Å². The second kappa shape index (κ2) is 6.98. The average molecular weight is 259 g/mol. The van der Waals surface area contributed by atoms with E-state index in [1.807, 2.05) is 0 Å². The lowest BCUT2D eigenvalue weighted by molar-refractivity contribution is -0.149. The van der Waals surface area contributed by atoms with E-state index >= 15 is 0 Å². The van der Waals surface area contributed by atoms with Gasteiger partial charge in [-0.2, -0.15) is 0 Å². The van der Waals surface area contributed by atoms with E-state index < -0.39 is 11.3 Å². The van der Waals surface area contributed by atoms with Crippen molar-refractivity contribution >= 4 is 23.3 Å². The van der Waals surface area contributed by atoms with Gasteiger partial charge in [-0.1, -0.05) is 12.5 Å². The highest BCUT2D eigenvalue weighted by Crippen LogP contribution is 2.14. The fourth-order valence-corrected chi connectivity index (χ4v) is 1.08. The average Bonchev–Trinajstić information content (AvgIpc) is 2.38. The van der Waals surface area contributed by atoms with Crippen LogP contribution in [-0.2, 0) is 9.63 Å². The quantitative estimate of drug-likeness (QED) is 0.604. The Bertz CT molecular complexity index is 356. The third kappa shape index (κ3) is 4.50. The molecule has 1 aromatic rings. The maximum absolute atomic E-state index is 11.2. The summed E-state index contributed by atoms with van der Waals surface area (Å²) in [6.07, 6.45) is 0.518. The molecular formula is C11H15ClN2O3. The molecule has 0 aliphatic heterocycles. The number of halogens is 1. The first-order valence-electron chi connectivity index (χ1n) is 5.17. The highest BCUT2D eigenvalue weighted by molar-refractivity contribution is 6.29. The third-order valence-corrected chi connectivity index (χ3v) is 2.54. The number of hydrogen-bond donors (Lipinski definition) is 2. The Labute approximate surface area is 105 Å². The second-order valence-corrected chi connectivity index (χ2v) is 3.78. The lowest BCUT2D eigenvalue weighted by atomic mass is 10.3. The van der Waals surface area contributed by atoms with E-state index in [1.54, 1.807) is 38.3 Å². The molecule has 0 amide bonds. The molecule has 94 valence electrons. The number of hydrazine groups is 1. The van der Waals surface area contributed by atoms with Crippen LogP contribution in [0.3, 0.4) is 0 Å². The van der Waals surface area contributed by atoms with Crippen LogP contribution >= 0.6 is 11.6 Å². The molecule has 1 rings (SSSR count). The first kappa shape index (κ1) is 13.6. The van der Waals surface area contributed by atoms with Crippen LogP contribution < -0.4 is 15.8 Å². The van der Waals surface area contributed by atoms with Gasteiger partial charge in [-0.25, -0.2) is 4.79 Å². The molecule has 1 unspecified atom stereocenters. The number of benzene rings is 1. The summed E-state index contributed by atoms with van der Waals surface area (Å²) >= 11 is 5.68. The van der Waals surface area contributed by atoms with E-state index in [4.69, 9.17) is 21.2 Å². The van der Waals surface area contributed by atoms with Crippen molar-refractivity contribution in [2.24, 2.45) is 0 Å². The summed E-state index contributed by atoms with van der Waals surface area (Å²) in [5.41, 5.74) is 5.77. The molecule has 0 radical (unpaired) electrons. The number of hydrogen-bond acceptors (Lipinski definition) is 5. The van der Waals surface area contributed by atoms with Gasteiger partial charge in [0.25, 0.3) is 0 Å². The van der Waals surface area contributed by atoms with Crippen LogP contribution in [0.25, 0.3) is 0 Å². The van der Waals surface area contributed by atoms with Crippen molar-refractivity contribution in [3.8, 4) is 5.75 Å². The first-order valence-corrected chi connectivity index (χ1v) is 5.60. The number of carbonyl (C=O) groups excluding carboxylic acids is 1. The van der Waals surface area contributed by atoms with E-state index in [9.17, 15) is 4.79 Å². The normalized spacial score (nSPS) is 11.7. The van der Waals surface area contributed by atoms with Gasteiger partial charge in [-0.15, -0.1) is 11.6 Å². The number of methoxy groups -OCH3 is 1. The van der Waals surface area contributed by atoms with Crippen molar-refractivity contribution < 1.29 is 14.4 Å². The lowest BCUT2D eigenvalue weighted by Gasteiger charge is -2.10. The minimum atomic E-state index is -0.639. The predicted molar refractivity (Wildman–Crippen MR) is 65.8 cm³/mol. The smallest absolute Gasteiger partial charge is 0.344 e. The van der Waals surface area contributed by atoms with Crippen molar-refractivity contribution in [2.45, 2.75) is 18.7 Å². The van der Waals surface area contributed by atoms with Crippen LogP contribution in [-0.4, -0.2) is 18.5 Å². The predicted octanol–water partition coefficient (Wildman–Crippen LogP) is 2.09. The molecule has 5 nitrogen and oxygen atoms in total. The van der Waals surface area contributed by atoms with Gasteiger partial charge in [0.2, 0.25) is 0 Å². The second-order valence-electron chi connectivity index (χ2n) is 3.25. The maximum atomic E-state index is 11.2. The van der Waals surface area contributed by atoms with Crippen LogP contribution in [0.15, 0.2) is 24.3 Å². The van der Waals surface area contributed by atoms with Gasteiger partial charge >= 0.3 is 5.97 Å². The van der Waals surface area contributed by atoms with Gasteiger partial charge in [-0.05, 0) is 30.7 Å². The maximum Gasteiger partial charge on any atom is 0.344 e. The van der Waals surface area contributed by atoms with Crippen LogP contribution in [0.4, 0.5) is 5.69 Å². The third-order valence-electron chi connectivity index (χ3n) is 2.05. The number of rotatable bonds is 6. The highest BCUT2D eigenvalue weighted by Gasteiger charge is 2.14. The Kier molecular flexibility index (Phi) is 5.59. The topological polar surface area (TPSA) is 59.6 Å². The van der Waals surface area contributed by atoms with Gasteiger partial charge in [0.15, 0.2) is 0 Å². The Balaban J connectivity index is 2.33. The van der Waals surface area contributed by atoms with E-state index in [0.717, 1.165) is 11.4 Å². The summed E-state index contributed by atoms with van der Waals surface area (Å²) < 4.78 is 5.01. The molecule has 2 N–H and O–H groups in total. The fraction of sp³-hybridized carbons (Fsp3) is 0.364. The van der Waals surface area contributed by atoms with Crippen LogP contribution in [0, 0.1) is 0 Å². The van der Waals surface area contributed by atoms with Crippen molar-refractivity contribution in [3.05, 3.63) is 24.3 Å². The molecule has 0 fully saturated rings. The minimum Gasteiger partial charge on any atom is -0.497 e. The number of anilines is 1. The zero-order valence-corrected chi connectivity index (χ0v) is 10.5. The number of ether oxygens (including phenoxy) is 1. The van der Waals surface area contributed by atoms with Crippen molar-refractivity contribution in [1.29, 1.82) is 0 Å². The van der Waals surface area contributed by atoms with Crippen LogP contribution in [0.2, 0.25) is 0 Å². The molecule has 0 aliphatic carbocycles. The summed E-state index contributed by atoms with van der Waals surface area (Å²) in [7, 11) is 1.59. The zero-order chi connectivity index (χ0) is 12.7. The van der Waals surface area contributed by atoms with Gasteiger partial charge in [0, 0.05) is 0 Å². The summed E-state index contributed by atoms with van der Waals surface area (Å²) in [5, 5.41) is -0.639. The molecule has 17 heavy (non-hydrogen) atoms. The zero-order valence-electron chi connectivity index (χ0n) is 9.70. The Morgan fingerprint density at radius 2 is 2.06 bits per heavy atom.